The summed E-state index contributed by atoms with van der Waals surface area (Å²) in [5.74, 6) is 0. The van der Waals surface area contributed by atoms with Gasteiger partial charge in [-0.2, -0.15) is 0 Å². The van der Waals surface area contributed by atoms with E-state index in [1.165, 1.54) is 37.2 Å². The van der Waals surface area contributed by atoms with Crippen LogP contribution in [0.2, 0.25) is 0 Å². The lowest BCUT2D eigenvalue weighted by atomic mass is 9.83. The fraction of sp³-hybridized carbons (Fsp3) is 0.444. The minimum Gasteiger partial charge on any atom is -0.348 e. The Labute approximate surface area is 126 Å². The lowest BCUT2D eigenvalue weighted by Gasteiger charge is -2.45. The van der Waals surface area contributed by atoms with Gasteiger partial charge in [0.2, 0.25) is 0 Å². The molecular weight excluding hydrogens is 258 g/mol. The molecule has 1 aromatic heterocycles. The zero-order valence-electron chi connectivity index (χ0n) is 12.5. The minimum absolute atomic E-state index is 0.217. The van der Waals surface area contributed by atoms with Crippen LogP contribution in [0.25, 0.3) is 0 Å². The Morgan fingerprint density at radius 1 is 0.952 bits per heavy atom. The summed E-state index contributed by atoms with van der Waals surface area (Å²) >= 11 is 0. The van der Waals surface area contributed by atoms with Crippen molar-refractivity contribution < 1.29 is 0 Å². The molecule has 1 saturated heterocycles. The second kappa shape index (κ2) is 5.32. The summed E-state index contributed by atoms with van der Waals surface area (Å²) in [5, 5.41) is 3.81. The third kappa shape index (κ3) is 2.41. The van der Waals surface area contributed by atoms with E-state index in [9.17, 15) is 0 Å². The van der Waals surface area contributed by atoms with Gasteiger partial charge in [0.1, 0.15) is 0 Å². The largest absolute Gasteiger partial charge is 0.348 e. The molecule has 3 heteroatoms. The van der Waals surface area contributed by atoms with Crippen molar-refractivity contribution >= 4 is 0 Å². The predicted molar refractivity (Wildman–Crippen MR) is 85.1 cm³/mol. The summed E-state index contributed by atoms with van der Waals surface area (Å²) < 4.78 is 2.43. The SMILES string of the molecule is c1ccc(CN2CCC3(CC2)NCCn2cccc23)cc1. The molecule has 3 heterocycles. The minimum atomic E-state index is 0.217. The zero-order chi connectivity index (χ0) is 14.1. The second-order valence-corrected chi connectivity index (χ2v) is 6.36. The molecule has 1 spiro atoms. The number of likely N-dealkylation sites (tertiary alicyclic amines) is 1. The van der Waals surface area contributed by atoms with Gasteiger partial charge in [0, 0.05) is 44.6 Å². The molecule has 0 saturated carbocycles. The van der Waals surface area contributed by atoms with Gasteiger partial charge in [0.15, 0.2) is 0 Å². The van der Waals surface area contributed by atoms with E-state index in [2.05, 4.69) is 63.4 Å². The lowest BCUT2D eigenvalue weighted by Crippen LogP contribution is -2.55. The van der Waals surface area contributed by atoms with Crippen LogP contribution in [0, 0.1) is 0 Å². The first-order valence-electron chi connectivity index (χ1n) is 8.03. The molecule has 0 unspecified atom stereocenters. The molecule has 0 radical (unpaired) electrons. The molecular formula is C18H23N3. The summed E-state index contributed by atoms with van der Waals surface area (Å²) in [6.45, 7) is 5.64. The first kappa shape index (κ1) is 13.1. The van der Waals surface area contributed by atoms with Crippen molar-refractivity contribution in [1.82, 2.24) is 14.8 Å². The number of nitrogens with zero attached hydrogens (tertiary/aromatic N) is 2. The molecule has 0 atom stereocenters. The van der Waals surface area contributed by atoms with E-state index >= 15 is 0 Å². The maximum absolute atomic E-state index is 3.81. The molecule has 0 bridgehead atoms. The lowest BCUT2D eigenvalue weighted by molar-refractivity contribution is 0.112. The highest BCUT2D eigenvalue weighted by molar-refractivity contribution is 5.22. The van der Waals surface area contributed by atoms with Crippen LogP contribution < -0.4 is 5.32 Å². The highest BCUT2D eigenvalue weighted by atomic mass is 15.2. The Kier molecular flexibility index (Phi) is 3.32. The van der Waals surface area contributed by atoms with E-state index in [1.54, 1.807) is 0 Å². The van der Waals surface area contributed by atoms with Crippen LogP contribution in [-0.2, 0) is 18.6 Å². The normalized spacial score (nSPS) is 21.3. The summed E-state index contributed by atoms with van der Waals surface area (Å²) in [6.07, 6.45) is 4.65. The Morgan fingerprint density at radius 3 is 2.57 bits per heavy atom. The quantitative estimate of drug-likeness (QED) is 0.913. The van der Waals surface area contributed by atoms with Gasteiger partial charge in [-0.3, -0.25) is 4.90 Å². The van der Waals surface area contributed by atoms with E-state index in [4.69, 9.17) is 0 Å². The number of nitrogens with one attached hydrogen (secondary N) is 1. The Morgan fingerprint density at radius 2 is 1.76 bits per heavy atom. The fourth-order valence-electron chi connectivity index (χ4n) is 3.92. The molecule has 110 valence electrons. The van der Waals surface area contributed by atoms with Gasteiger partial charge in [0.05, 0.1) is 5.54 Å². The van der Waals surface area contributed by atoms with Gasteiger partial charge in [-0.25, -0.2) is 0 Å². The van der Waals surface area contributed by atoms with Crippen LogP contribution in [0.15, 0.2) is 48.7 Å². The van der Waals surface area contributed by atoms with Crippen LogP contribution >= 0.6 is 0 Å². The number of piperidine rings is 1. The van der Waals surface area contributed by atoms with E-state index in [0.717, 1.165) is 19.6 Å². The van der Waals surface area contributed by atoms with E-state index in [1.807, 2.05) is 0 Å². The molecule has 2 aromatic rings. The number of hydrogen-bond acceptors (Lipinski definition) is 2. The van der Waals surface area contributed by atoms with Gasteiger partial charge < -0.3 is 9.88 Å². The van der Waals surface area contributed by atoms with Gasteiger partial charge in [0.25, 0.3) is 0 Å². The maximum atomic E-state index is 3.81. The third-order valence-corrected chi connectivity index (χ3v) is 5.09. The molecule has 3 nitrogen and oxygen atoms in total. The van der Waals surface area contributed by atoms with Crippen molar-refractivity contribution in [3.8, 4) is 0 Å². The van der Waals surface area contributed by atoms with Gasteiger partial charge in [-0.1, -0.05) is 30.3 Å². The van der Waals surface area contributed by atoms with Gasteiger partial charge >= 0.3 is 0 Å². The fourth-order valence-corrected chi connectivity index (χ4v) is 3.92. The summed E-state index contributed by atoms with van der Waals surface area (Å²) in [5.41, 5.74) is 3.14. The molecule has 2 aliphatic heterocycles. The molecule has 1 N–H and O–H groups in total. The molecule has 21 heavy (non-hydrogen) atoms. The standard InChI is InChI=1S/C18H23N3/c1-2-5-16(6-3-1)15-20-12-8-18(9-13-20)17-7-4-11-21(17)14-10-19-18/h1-7,11,19H,8-10,12-15H2. The molecule has 4 rings (SSSR count). The third-order valence-electron chi connectivity index (χ3n) is 5.09. The Balaban J connectivity index is 1.46. The predicted octanol–water partition coefficient (Wildman–Crippen LogP) is 2.58. The van der Waals surface area contributed by atoms with E-state index in [0.29, 0.717) is 0 Å². The molecule has 2 aliphatic rings. The first-order chi connectivity index (χ1) is 10.4. The number of hydrogen-bond donors (Lipinski definition) is 1. The Bertz CT molecular complexity index is 594. The van der Waals surface area contributed by atoms with Gasteiger partial charge in [-0.15, -0.1) is 0 Å². The molecule has 0 aliphatic carbocycles. The second-order valence-electron chi connectivity index (χ2n) is 6.36. The summed E-state index contributed by atoms with van der Waals surface area (Å²) in [7, 11) is 0. The van der Waals surface area contributed by atoms with Crippen LogP contribution in [0.5, 0.6) is 0 Å². The van der Waals surface area contributed by atoms with Crippen LogP contribution in [-0.4, -0.2) is 29.1 Å². The monoisotopic (exact) mass is 281 g/mol. The van der Waals surface area contributed by atoms with Crippen molar-refractivity contribution in [2.75, 3.05) is 19.6 Å². The van der Waals surface area contributed by atoms with Crippen molar-refractivity contribution in [2.24, 2.45) is 0 Å². The van der Waals surface area contributed by atoms with Crippen LogP contribution in [0.3, 0.4) is 0 Å². The van der Waals surface area contributed by atoms with Gasteiger partial charge in [-0.05, 0) is 30.5 Å². The number of aromatic nitrogens is 1. The van der Waals surface area contributed by atoms with E-state index < -0.39 is 0 Å². The molecule has 1 aromatic carbocycles. The maximum Gasteiger partial charge on any atom is 0.0613 e. The highest BCUT2D eigenvalue weighted by Gasteiger charge is 2.39. The number of rotatable bonds is 2. The topological polar surface area (TPSA) is 20.2 Å². The van der Waals surface area contributed by atoms with Crippen LogP contribution in [0.4, 0.5) is 0 Å². The number of fused-ring (bicyclic) bond motifs is 2. The Hall–Kier alpha value is -1.58. The highest BCUT2D eigenvalue weighted by Crippen LogP contribution is 2.35. The van der Waals surface area contributed by atoms with Crippen molar-refractivity contribution in [3.05, 3.63) is 59.9 Å². The first-order valence-corrected chi connectivity index (χ1v) is 8.03. The average Bonchev–Trinajstić information content (AvgIpc) is 3.01. The average molecular weight is 281 g/mol. The van der Waals surface area contributed by atoms with Crippen molar-refractivity contribution in [1.29, 1.82) is 0 Å². The zero-order valence-corrected chi connectivity index (χ0v) is 12.5. The molecule has 1 fully saturated rings. The van der Waals surface area contributed by atoms with Crippen molar-refractivity contribution in [2.45, 2.75) is 31.5 Å². The van der Waals surface area contributed by atoms with E-state index in [-0.39, 0.29) is 5.54 Å². The smallest absolute Gasteiger partial charge is 0.0613 e. The summed E-state index contributed by atoms with van der Waals surface area (Å²) in [6, 6.07) is 15.3. The van der Waals surface area contributed by atoms with Crippen LogP contribution in [0.1, 0.15) is 24.1 Å². The molecule has 0 amide bonds. The number of benzene rings is 1. The summed E-state index contributed by atoms with van der Waals surface area (Å²) in [4.78, 5) is 2.59. The van der Waals surface area contributed by atoms with Crippen molar-refractivity contribution in [3.63, 3.8) is 0 Å².